The van der Waals surface area contributed by atoms with Crippen molar-refractivity contribution >= 4 is 23.3 Å². The van der Waals surface area contributed by atoms with E-state index in [1.54, 1.807) is 12.1 Å². The molecule has 0 saturated heterocycles. The molecule has 0 bridgehead atoms. The van der Waals surface area contributed by atoms with Crippen LogP contribution in [0.4, 0.5) is 5.69 Å². The van der Waals surface area contributed by atoms with Gasteiger partial charge < -0.3 is 14.8 Å². The topological polar surface area (TPSA) is 47.6 Å². The van der Waals surface area contributed by atoms with Crippen molar-refractivity contribution in [3.05, 3.63) is 58.1 Å². The Morgan fingerprint density at radius 3 is 2.85 bits per heavy atom. The van der Waals surface area contributed by atoms with Crippen molar-refractivity contribution in [2.45, 2.75) is 31.7 Å². The van der Waals surface area contributed by atoms with E-state index in [-0.39, 0.29) is 5.97 Å². The second-order valence-corrected chi connectivity index (χ2v) is 7.42. The molecule has 0 aromatic heterocycles. The Morgan fingerprint density at radius 1 is 1.19 bits per heavy atom. The first-order chi connectivity index (χ1) is 12.7. The third-order valence-corrected chi connectivity index (χ3v) is 5.78. The summed E-state index contributed by atoms with van der Waals surface area (Å²) in [7, 11) is 1.39. The molecule has 1 fully saturated rings. The fourth-order valence-corrected chi connectivity index (χ4v) is 4.13. The van der Waals surface area contributed by atoms with Crippen LogP contribution in [-0.4, -0.2) is 19.7 Å². The van der Waals surface area contributed by atoms with E-state index in [0.717, 1.165) is 22.9 Å². The lowest BCUT2D eigenvalue weighted by Crippen LogP contribution is -2.26. The largest absolute Gasteiger partial charge is 0.491 e. The van der Waals surface area contributed by atoms with Gasteiger partial charge in [-0.25, -0.2) is 4.79 Å². The lowest BCUT2D eigenvalue weighted by atomic mass is 9.67. The van der Waals surface area contributed by atoms with Crippen LogP contribution in [0.1, 0.15) is 46.7 Å². The molecular weight excluding hydrogens is 350 g/mol. The molecule has 0 radical (unpaired) electrons. The highest BCUT2D eigenvalue weighted by Gasteiger charge is 2.33. The molecule has 2 aromatic carbocycles. The van der Waals surface area contributed by atoms with E-state index >= 15 is 0 Å². The maximum Gasteiger partial charge on any atom is 0.337 e. The average molecular weight is 372 g/mol. The Kier molecular flexibility index (Phi) is 4.77. The highest BCUT2D eigenvalue weighted by Crippen LogP contribution is 2.46. The van der Waals surface area contributed by atoms with Crippen LogP contribution in [0.3, 0.4) is 0 Å². The SMILES string of the molecule is COC(=O)c1ccc2c(c1)NCc1ccc(Cl)cc1[C@H]1CC[C@H]1CCO2. The number of benzene rings is 2. The molecule has 4 nitrogen and oxygen atoms in total. The van der Waals surface area contributed by atoms with Crippen LogP contribution in [0.25, 0.3) is 0 Å². The molecule has 26 heavy (non-hydrogen) atoms. The van der Waals surface area contributed by atoms with E-state index in [4.69, 9.17) is 21.1 Å². The third-order valence-electron chi connectivity index (χ3n) is 5.54. The van der Waals surface area contributed by atoms with Crippen molar-refractivity contribution < 1.29 is 14.3 Å². The molecule has 2 aromatic rings. The summed E-state index contributed by atoms with van der Waals surface area (Å²) < 4.78 is 10.9. The fraction of sp³-hybridized carbons (Fsp3) is 0.381. The number of hydrogen-bond donors (Lipinski definition) is 1. The van der Waals surface area contributed by atoms with Crippen molar-refractivity contribution in [1.82, 2.24) is 0 Å². The molecule has 2 atom stereocenters. The summed E-state index contributed by atoms with van der Waals surface area (Å²) in [6.45, 7) is 1.33. The van der Waals surface area contributed by atoms with Crippen molar-refractivity contribution in [1.29, 1.82) is 0 Å². The Balaban J connectivity index is 1.69. The second-order valence-electron chi connectivity index (χ2n) is 6.98. The number of esters is 1. The van der Waals surface area contributed by atoms with Crippen molar-refractivity contribution in [3.63, 3.8) is 0 Å². The molecular formula is C21H22ClNO3. The molecule has 1 aliphatic carbocycles. The maximum absolute atomic E-state index is 11.9. The van der Waals surface area contributed by atoms with Crippen LogP contribution in [0.15, 0.2) is 36.4 Å². The van der Waals surface area contributed by atoms with Gasteiger partial charge in [-0.15, -0.1) is 0 Å². The van der Waals surface area contributed by atoms with Gasteiger partial charge in [-0.2, -0.15) is 0 Å². The monoisotopic (exact) mass is 371 g/mol. The van der Waals surface area contributed by atoms with Crippen molar-refractivity contribution in [2.24, 2.45) is 5.92 Å². The van der Waals surface area contributed by atoms with Gasteiger partial charge in [-0.3, -0.25) is 0 Å². The third kappa shape index (κ3) is 3.26. The standard InChI is InChI=1S/C21H22ClNO3/c1-25-21(24)14-4-7-20-19(10-14)23-12-15-2-5-16(22)11-18(15)17-6-3-13(17)8-9-26-20/h2,4-5,7,10-11,13,17,23H,3,6,8-9,12H2,1H3/t13-,17-/m0/s1. The van der Waals surface area contributed by atoms with Gasteiger partial charge in [-0.1, -0.05) is 17.7 Å². The molecule has 5 heteroatoms. The molecule has 0 unspecified atom stereocenters. The normalized spacial score (nSPS) is 21.5. The number of halogens is 1. The van der Waals surface area contributed by atoms with E-state index in [2.05, 4.69) is 17.4 Å². The lowest BCUT2D eigenvalue weighted by Gasteiger charge is -2.38. The zero-order valence-electron chi connectivity index (χ0n) is 14.8. The van der Waals surface area contributed by atoms with Gasteiger partial charge in [0.1, 0.15) is 5.75 Å². The number of hydrogen-bond acceptors (Lipinski definition) is 4. The number of rotatable bonds is 1. The predicted octanol–water partition coefficient (Wildman–Crippen LogP) is 5.01. The summed E-state index contributed by atoms with van der Waals surface area (Å²) >= 11 is 6.27. The summed E-state index contributed by atoms with van der Waals surface area (Å²) in [5.41, 5.74) is 3.91. The lowest BCUT2D eigenvalue weighted by molar-refractivity contribution is 0.0600. The minimum Gasteiger partial charge on any atom is -0.491 e. The Bertz CT molecular complexity index is 836. The quantitative estimate of drug-likeness (QED) is 0.715. The zero-order valence-corrected chi connectivity index (χ0v) is 15.5. The zero-order chi connectivity index (χ0) is 18.1. The van der Waals surface area contributed by atoms with E-state index in [0.29, 0.717) is 30.6 Å². The highest BCUT2D eigenvalue weighted by molar-refractivity contribution is 6.30. The highest BCUT2D eigenvalue weighted by atomic mass is 35.5. The summed E-state index contributed by atoms with van der Waals surface area (Å²) in [5, 5.41) is 4.23. The van der Waals surface area contributed by atoms with Gasteiger partial charge in [-0.05, 0) is 72.6 Å². The number of carbonyl (C=O) groups is 1. The van der Waals surface area contributed by atoms with Crippen LogP contribution in [0.5, 0.6) is 5.75 Å². The average Bonchev–Trinajstić information content (AvgIpc) is 2.64. The van der Waals surface area contributed by atoms with Gasteiger partial charge in [0, 0.05) is 11.6 Å². The van der Waals surface area contributed by atoms with E-state index in [1.807, 2.05) is 12.1 Å². The summed E-state index contributed by atoms with van der Waals surface area (Å²) in [5.74, 6) is 1.61. The molecule has 1 aliphatic heterocycles. The second kappa shape index (κ2) is 7.20. The number of carbonyl (C=O) groups excluding carboxylic acids is 1. The molecule has 4 rings (SSSR count). The number of nitrogens with one attached hydrogen (secondary N) is 1. The maximum atomic E-state index is 11.9. The predicted molar refractivity (Wildman–Crippen MR) is 102 cm³/mol. The van der Waals surface area contributed by atoms with Gasteiger partial charge >= 0.3 is 5.97 Å². The van der Waals surface area contributed by atoms with Crippen molar-refractivity contribution in [2.75, 3.05) is 19.0 Å². The molecule has 136 valence electrons. The number of anilines is 1. The van der Waals surface area contributed by atoms with Gasteiger partial charge in [0.15, 0.2) is 0 Å². The van der Waals surface area contributed by atoms with Crippen LogP contribution in [0.2, 0.25) is 5.02 Å². The number of fused-ring (bicyclic) bond motifs is 4. The Hall–Kier alpha value is -2.20. The van der Waals surface area contributed by atoms with Crippen LogP contribution in [-0.2, 0) is 11.3 Å². The van der Waals surface area contributed by atoms with Gasteiger partial charge in [0.2, 0.25) is 0 Å². The van der Waals surface area contributed by atoms with E-state index < -0.39 is 0 Å². The van der Waals surface area contributed by atoms with Crippen LogP contribution in [0, 0.1) is 5.92 Å². The van der Waals surface area contributed by atoms with E-state index in [9.17, 15) is 4.79 Å². The molecule has 0 spiro atoms. The minimum absolute atomic E-state index is 0.353. The summed E-state index contributed by atoms with van der Waals surface area (Å²) in [6.07, 6.45) is 3.47. The van der Waals surface area contributed by atoms with Gasteiger partial charge in [0.05, 0.1) is 25.0 Å². The first kappa shape index (κ1) is 17.2. The Morgan fingerprint density at radius 2 is 2.08 bits per heavy atom. The Labute approximate surface area is 158 Å². The van der Waals surface area contributed by atoms with E-state index in [1.165, 1.54) is 31.1 Å². The molecule has 1 heterocycles. The fourth-order valence-electron chi connectivity index (χ4n) is 3.95. The van der Waals surface area contributed by atoms with Crippen LogP contribution < -0.4 is 10.1 Å². The molecule has 2 aliphatic rings. The molecule has 1 saturated carbocycles. The first-order valence-electron chi connectivity index (χ1n) is 9.03. The van der Waals surface area contributed by atoms with Gasteiger partial charge in [0.25, 0.3) is 0 Å². The smallest absolute Gasteiger partial charge is 0.337 e. The minimum atomic E-state index is -0.353. The number of ether oxygens (including phenoxy) is 2. The van der Waals surface area contributed by atoms with Crippen molar-refractivity contribution in [3.8, 4) is 5.75 Å². The van der Waals surface area contributed by atoms with Crippen LogP contribution >= 0.6 is 11.6 Å². The number of methoxy groups -OCH3 is 1. The molecule has 0 amide bonds. The first-order valence-corrected chi connectivity index (χ1v) is 9.41. The molecule has 1 N–H and O–H groups in total. The summed E-state index contributed by atoms with van der Waals surface area (Å²) in [6, 6.07) is 11.5. The summed E-state index contributed by atoms with van der Waals surface area (Å²) in [4.78, 5) is 11.9.